The first-order valence-electron chi connectivity index (χ1n) is 8.97. The van der Waals surface area contributed by atoms with Crippen molar-refractivity contribution in [1.82, 2.24) is 0 Å². The number of carbonyl (C=O) groups excluding carboxylic acids is 2. The molecule has 1 aliphatic rings. The lowest BCUT2D eigenvalue weighted by Crippen LogP contribution is -2.45. The van der Waals surface area contributed by atoms with Gasteiger partial charge >= 0.3 is 17.9 Å². The van der Waals surface area contributed by atoms with E-state index in [-0.39, 0.29) is 11.1 Å². The van der Waals surface area contributed by atoms with Crippen LogP contribution < -0.4 is 0 Å². The molecular formula is C20H18F2O8S. The van der Waals surface area contributed by atoms with Crippen molar-refractivity contribution in [1.29, 1.82) is 0 Å². The molecule has 166 valence electrons. The minimum atomic E-state index is -4.33. The number of rotatable bonds is 7. The Labute approximate surface area is 176 Å². The fourth-order valence-electron chi connectivity index (χ4n) is 2.80. The summed E-state index contributed by atoms with van der Waals surface area (Å²) >= 11 is 0. The maximum absolute atomic E-state index is 14.8. The number of ether oxygens (including phenoxy) is 3. The Balaban J connectivity index is 1.79. The zero-order chi connectivity index (χ0) is 22.6. The van der Waals surface area contributed by atoms with Crippen LogP contribution in [0.25, 0.3) is 0 Å². The topological polar surface area (TPSA) is 105 Å². The van der Waals surface area contributed by atoms with Gasteiger partial charge in [0.05, 0.1) is 17.4 Å². The maximum atomic E-state index is 14.8. The van der Waals surface area contributed by atoms with Crippen LogP contribution in [-0.2, 0) is 28.5 Å². The molecule has 0 aliphatic carbocycles. The first-order chi connectivity index (χ1) is 14.6. The van der Waals surface area contributed by atoms with Gasteiger partial charge in [-0.25, -0.2) is 13.8 Å². The molecular weight excluding hydrogens is 438 g/mol. The van der Waals surface area contributed by atoms with Crippen molar-refractivity contribution < 1.29 is 45.2 Å². The lowest BCUT2D eigenvalue weighted by molar-refractivity contribution is -0.183. The van der Waals surface area contributed by atoms with E-state index < -0.39 is 53.1 Å². The molecule has 1 unspecified atom stereocenters. The molecule has 3 rings (SSSR count). The summed E-state index contributed by atoms with van der Waals surface area (Å²) in [7, 11) is -4.33. The van der Waals surface area contributed by atoms with Crippen molar-refractivity contribution in [2.24, 2.45) is 0 Å². The van der Waals surface area contributed by atoms with E-state index in [9.17, 15) is 26.8 Å². The third kappa shape index (κ3) is 5.63. The molecule has 31 heavy (non-hydrogen) atoms. The van der Waals surface area contributed by atoms with Crippen LogP contribution in [0.1, 0.15) is 20.7 Å². The highest BCUT2D eigenvalue weighted by Gasteiger charge is 2.63. The Hall–Kier alpha value is -2.89. The van der Waals surface area contributed by atoms with Crippen molar-refractivity contribution >= 4 is 22.1 Å². The van der Waals surface area contributed by atoms with Crippen LogP contribution in [0.15, 0.2) is 60.7 Å². The van der Waals surface area contributed by atoms with Crippen LogP contribution in [0.5, 0.6) is 0 Å². The lowest BCUT2D eigenvalue weighted by Gasteiger charge is -2.23. The smallest absolute Gasteiger partial charge is 0.338 e. The predicted molar refractivity (Wildman–Crippen MR) is 102 cm³/mol. The quantitative estimate of drug-likeness (QED) is 0.462. The molecule has 1 fully saturated rings. The summed E-state index contributed by atoms with van der Waals surface area (Å²) in [6.07, 6.45) is -5.94. The van der Waals surface area contributed by atoms with Gasteiger partial charge < -0.3 is 14.2 Å². The molecule has 3 atom stereocenters. The highest BCUT2D eigenvalue weighted by Crippen LogP contribution is 2.40. The third-order valence-corrected chi connectivity index (χ3v) is 4.75. The van der Waals surface area contributed by atoms with Crippen molar-refractivity contribution in [2.75, 3.05) is 12.9 Å². The molecule has 0 amide bonds. The molecule has 8 nitrogen and oxygen atoms in total. The largest absolute Gasteiger partial charge is 0.459 e. The van der Waals surface area contributed by atoms with E-state index in [1.807, 2.05) is 0 Å². The normalized spacial score (nSPS) is 22.6. The number of alkyl halides is 2. The van der Waals surface area contributed by atoms with Crippen LogP contribution in [0.2, 0.25) is 0 Å². The van der Waals surface area contributed by atoms with Crippen LogP contribution >= 0.6 is 0 Å². The van der Waals surface area contributed by atoms with Crippen LogP contribution in [0.3, 0.4) is 0 Å². The van der Waals surface area contributed by atoms with Crippen molar-refractivity contribution in [3.05, 3.63) is 71.8 Å². The van der Waals surface area contributed by atoms with Crippen LogP contribution in [-0.4, -0.2) is 57.6 Å². The van der Waals surface area contributed by atoms with E-state index in [1.165, 1.54) is 36.4 Å². The average Bonchev–Trinajstić information content (AvgIpc) is 2.95. The molecule has 0 saturated carbocycles. The average molecular weight is 456 g/mol. The number of halogens is 2. The first-order valence-corrected chi connectivity index (χ1v) is 10.8. The van der Waals surface area contributed by atoms with Crippen LogP contribution in [0, 0.1) is 0 Å². The number of hydrogen-bond acceptors (Lipinski definition) is 8. The van der Waals surface area contributed by atoms with Gasteiger partial charge in [0, 0.05) is 0 Å². The maximum Gasteiger partial charge on any atom is 0.338 e. The van der Waals surface area contributed by atoms with E-state index in [0.29, 0.717) is 6.26 Å². The predicted octanol–water partition coefficient (Wildman–Crippen LogP) is 2.41. The van der Waals surface area contributed by atoms with E-state index in [4.69, 9.17) is 14.2 Å². The molecule has 11 heteroatoms. The fraction of sp³-hybridized carbons (Fsp3) is 0.300. The van der Waals surface area contributed by atoms with Gasteiger partial charge in [0.15, 0.2) is 0 Å². The Kier molecular flexibility index (Phi) is 6.68. The van der Waals surface area contributed by atoms with E-state index in [2.05, 4.69) is 4.18 Å². The number of esters is 2. The van der Waals surface area contributed by atoms with Crippen molar-refractivity contribution in [3.63, 3.8) is 0 Å². The minimum absolute atomic E-state index is 0.00851. The van der Waals surface area contributed by atoms with Gasteiger partial charge in [-0.1, -0.05) is 36.4 Å². The molecule has 2 aromatic carbocycles. The lowest BCUT2D eigenvalue weighted by atomic mass is 10.1. The number of carbonyl (C=O) groups is 2. The zero-order valence-electron chi connectivity index (χ0n) is 16.1. The summed E-state index contributed by atoms with van der Waals surface area (Å²) in [6.45, 7) is -0.736. The highest BCUT2D eigenvalue weighted by atomic mass is 32.2. The molecule has 0 N–H and O–H groups in total. The second-order valence-corrected chi connectivity index (χ2v) is 8.24. The molecule has 2 aromatic rings. The Morgan fingerprint density at radius 1 is 0.968 bits per heavy atom. The second-order valence-electron chi connectivity index (χ2n) is 6.64. The summed E-state index contributed by atoms with van der Waals surface area (Å²) in [5, 5.41) is 0. The molecule has 1 saturated heterocycles. The number of hydrogen-bond donors (Lipinski definition) is 0. The molecule has 1 aliphatic heterocycles. The number of benzene rings is 2. The van der Waals surface area contributed by atoms with Crippen LogP contribution in [0.4, 0.5) is 8.78 Å². The van der Waals surface area contributed by atoms with Gasteiger partial charge in [-0.05, 0) is 24.3 Å². The van der Waals surface area contributed by atoms with E-state index in [0.717, 1.165) is 0 Å². The summed E-state index contributed by atoms with van der Waals surface area (Å²) < 4.78 is 71.6. The van der Waals surface area contributed by atoms with Crippen molar-refractivity contribution in [3.8, 4) is 0 Å². The molecule has 0 radical (unpaired) electrons. The van der Waals surface area contributed by atoms with Gasteiger partial charge in [0.25, 0.3) is 10.1 Å². The second kappa shape index (κ2) is 9.08. The Bertz CT molecular complexity index is 1030. The van der Waals surface area contributed by atoms with Gasteiger partial charge in [-0.3, -0.25) is 0 Å². The summed E-state index contributed by atoms with van der Waals surface area (Å²) in [5.41, 5.74) is 0.153. The standard InChI is InChI=1S/C20H18F2O8S/c1-31(25,26)30-19-20(21,22)16(29-18(24)14-10-6-3-7-11-14)15(28-19)12-27-17(23)13-8-4-2-5-9-13/h2-11,15-16,19H,12H2,1H3/t15-,16+,19?/m1/s1. The SMILES string of the molecule is CS(=O)(=O)OC1O[C@H](COC(=O)c2ccccc2)[C@H](OC(=O)c2ccccc2)C1(F)F. The summed E-state index contributed by atoms with van der Waals surface area (Å²) in [5.74, 6) is -5.96. The molecule has 0 aromatic heterocycles. The summed E-state index contributed by atoms with van der Waals surface area (Å²) in [4.78, 5) is 24.4. The van der Waals surface area contributed by atoms with E-state index in [1.54, 1.807) is 24.3 Å². The monoisotopic (exact) mass is 456 g/mol. The Morgan fingerprint density at radius 3 is 2.00 bits per heavy atom. The molecule has 0 bridgehead atoms. The van der Waals surface area contributed by atoms with Gasteiger partial charge in [-0.15, -0.1) is 0 Å². The van der Waals surface area contributed by atoms with Gasteiger partial charge in [0.2, 0.25) is 12.4 Å². The van der Waals surface area contributed by atoms with Crippen molar-refractivity contribution in [2.45, 2.75) is 24.4 Å². The highest BCUT2D eigenvalue weighted by molar-refractivity contribution is 7.86. The molecule has 1 heterocycles. The van der Waals surface area contributed by atoms with E-state index >= 15 is 0 Å². The Morgan fingerprint density at radius 2 is 1.48 bits per heavy atom. The minimum Gasteiger partial charge on any atom is -0.459 e. The van der Waals surface area contributed by atoms with Gasteiger partial charge in [0.1, 0.15) is 12.7 Å². The first kappa shape index (κ1) is 22.8. The summed E-state index contributed by atoms with van der Waals surface area (Å²) in [6, 6.07) is 15.1. The molecule has 0 spiro atoms. The third-order valence-electron chi connectivity index (χ3n) is 4.22. The fourth-order valence-corrected chi connectivity index (χ4v) is 3.29. The van der Waals surface area contributed by atoms with Gasteiger partial charge in [-0.2, -0.15) is 17.2 Å². The zero-order valence-corrected chi connectivity index (χ0v) is 17.0.